The Morgan fingerprint density at radius 3 is 1.64 bits per heavy atom. The van der Waals surface area contributed by atoms with Gasteiger partial charge in [0.1, 0.15) is 11.4 Å². The number of aromatic nitrogens is 4. The summed E-state index contributed by atoms with van der Waals surface area (Å²) in [6.07, 6.45) is 9.93. The number of carbonyl (C=O) groups is 1. The van der Waals surface area contributed by atoms with E-state index in [9.17, 15) is 4.79 Å². The second-order valence-corrected chi connectivity index (χ2v) is 4.84. The molecule has 0 fully saturated rings. The molecule has 5 nitrogen and oxygen atoms in total. The Hall–Kier alpha value is -3.21. The molecule has 0 unspecified atom stereocenters. The predicted molar refractivity (Wildman–Crippen MR) is 82.5 cm³/mol. The van der Waals surface area contributed by atoms with E-state index >= 15 is 0 Å². The quantitative estimate of drug-likeness (QED) is 0.530. The third-order valence-electron chi connectivity index (χ3n) is 3.57. The molecule has 0 radical (unpaired) electrons. The van der Waals surface area contributed by atoms with Crippen molar-refractivity contribution in [2.45, 2.75) is 0 Å². The number of hydrogen-bond acceptors (Lipinski definition) is 5. The Balaban J connectivity index is 1.97. The number of ketones is 1. The van der Waals surface area contributed by atoms with Crippen LogP contribution in [0, 0.1) is 0 Å². The zero-order chi connectivity index (χ0) is 14.9. The van der Waals surface area contributed by atoms with Gasteiger partial charge in [-0.05, 0) is 35.0 Å². The van der Waals surface area contributed by atoms with Gasteiger partial charge in [-0.1, -0.05) is 0 Å². The first-order chi connectivity index (χ1) is 10.8. The molecule has 4 aromatic rings. The van der Waals surface area contributed by atoms with E-state index in [0.29, 0.717) is 11.4 Å². The lowest BCUT2D eigenvalue weighted by Crippen LogP contribution is -2.08. The topological polar surface area (TPSA) is 68.6 Å². The van der Waals surface area contributed by atoms with Crippen LogP contribution in [0.15, 0.2) is 61.4 Å². The van der Waals surface area contributed by atoms with E-state index < -0.39 is 0 Å². The maximum absolute atomic E-state index is 12.9. The Morgan fingerprint density at radius 1 is 0.682 bits per heavy atom. The van der Waals surface area contributed by atoms with Gasteiger partial charge in [0.2, 0.25) is 5.78 Å². The lowest BCUT2D eigenvalue weighted by molar-refractivity contribution is 0.103. The molecule has 4 heterocycles. The largest absolute Gasteiger partial charge is 0.285 e. The zero-order valence-corrected chi connectivity index (χ0v) is 11.5. The molecule has 0 saturated heterocycles. The second-order valence-electron chi connectivity index (χ2n) is 4.84. The Kier molecular flexibility index (Phi) is 2.83. The third-order valence-corrected chi connectivity index (χ3v) is 3.57. The fourth-order valence-electron chi connectivity index (χ4n) is 2.49. The van der Waals surface area contributed by atoms with Crippen LogP contribution in [-0.2, 0) is 0 Å². The van der Waals surface area contributed by atoms with Crippen LogP contribution in [0.3, 0.4) is 0 Å². The average molecular weight is 286 g/mol. The molecule has 0 aliphatic heterocycles. The summed E-state index contributed by atoms with van der Waals surface area (Å²) in [5, 5.41) is 3.29. The summed E-state index contributed by atoms with van der Waals surface area (Å²) < 4.78 is 0. The fraction of sp³-hybridized carbons (Fsp3) is 0. The van der Waals surface area contributed by atoms with Crippen LogP contribution in [0.5, 0.6) is 0 Å². The van der Waals surface area contributed by atoms with E-state index in [2.05, 4.69) is 19.9 Å². The van der Waals surface area contributed by atoms with E-state index in [1.165, 1.54) is 0 Å². The van der Waals surface area contributed by atoms with Crippen molar-refractivity contribution in [1.29, 1.82) is 0 Å². The predicted octanol–water partition coefficient (Wildman–Crippen LogP) is 2.80. The van der Waals surface area contributed by atoms with E-state index in [0.717, 1.165) is 21.5 Å². The SMILES string of the molecule is O=C(c1nccc2ccncc12)c1nccc2ccncc12. The molecule has 4 rings (SSSR count). The molecule has 0 aliphatic carbocycles. The first-order valence-corrected chi connectivity index (χ1v) is 6.77. The highest BCUT2D eigenvalue weighted by molar-refractivity contribution is 6.18. The van der Waals surface area contributed by atoms with Crippen LogP contribution in [0.4, 0.5) is 0 Å². The van der Waals surface area contributed by atoms with Crippen LogP contribution in [0.2, 0.25) is 0 Å². The van der Waals surface area contributed by atoms with Gasteiger partial charge in [0.05, 0.1) is 0 Å². The number of carbonyl (C=O) groups excluding carboxylic acids is 1. The van der Waals surface area contributed by atoms with Crippen molar-refractivity contribution in [2.75, 3.05) is 0 Å². The number of fused-ring (bicyclic) bond motifs is 2. The summed E-state index contributed by atoms with van der Waals surface area (Å²) in [6.45, 7) is 0. The van der Waals surface area contributed by atoms with Gasteiger partial charge in [0, 0.05) is 48.0 Å². The van der Waals surface area contributed by atoms with Crippen molar-refractivity contribution in [1.82, 2.24) is 19.9 Å². The van der Waals surface area contributed by atoms with Gasteiger partial charge in [-0.2, -0.15) is 0 Å². The van der Waals surface area contributed by atoms with Gasteiger partial charge >= 0.3 is 0 Å². The summed E-state index contributed by atoms with van der Waals surface area (Å²) in [5.41, 5.74) is 0.712. The van der Waals surface area contributed by atoms with Crippen molar-refractivity contribution >= 4 is 27.3 Å². The van der Waals surface area contributed by atoms with Gasteiger partial charge in [0.15, 0.2) is 0 Å². The molecule has 0 saturated carbocycles. The van der Waals surface area contributed by atoms with Gasteiger partial charge in [0.25, 0.3) is 0 Å². The van der Waals surface area contributed by atoms with Crippen LogP contribution >= 0.6 is 0 Å². The standard InChI is InChI=1S/C17H10N4O/c22-17(15-13-9-18-5-1-11(13)3-7-20-15)16-14-10-19-6-2-12(14)4-8-21-16/h1-10H. The summed E-state index contributed by atoms with van der Waals surface area (Å²) in [4.78, 5) is 29.5. The van der Waals surface area contributed by atoms with E-state index in [1.54, 1.807) is 37.2 Å². The van der Waals surface area contributed by atoms with Crippen molar-refractivity contribution < 1.29 is 4.79 Å². The van der Waals surface area contributed by atoms with E-state index in [1.807, 2.05) is 24.3 Å². The maximum atomic E-state index is 12.9. The number of hydrogen-bond donors (Lipinski definition) is 0. The third kappa shape index (κ3) is 1.91. The smallest absolute Gasteiger partial charge is 0.231 e. The molecule has 104 valence electrons. The highest BCUT2D eigenvalue weighted by atomic mass is 16.1. The molecule has 0 spiro atoms. The van der Waals surface area contributed by atoms with Crippen molar-refractivity contribution in [3.8, 4) is 0 Å². The fourth-order valence-corrected chi connectivity index (χ4v) is 2.49. The van der Waals surface area contributed by atoms with E-state index in [-0.39, 0.29) is 5.78 Å². The van der Waals surface area contributed by atoms with Gasteiger partial charge < -0.3 is 0 Å². The molecular formula is C17H10N4O. The Bertz CT molecular complexity index is 921. The number of pyridine rings is 4. The van der Waals surface area contributed by atoms with Crippen LogP contribution in [0.25, 0.3) is 21.5 Å². The minimum atomic E-state index is -0.225. The van der Waals surface area contributed by atoms with Gasteiger partial charge in [-0.25, -0.2) is 0 Å². The summed E-state index contributed by atoms with van der Waals surface area (Å²) in [5.74, 6) is -0.225. The molecule has 0 aromatic carbocycles. The highest BCUT2D eigenvalue weighted by Gasteiger charge is 2.18. The Morgan fingerprint density at radius 2 is 1.14 bits per heavy atom. The first kappa shape index (κ1) is 12.5. The van der Waals surface area contributed by atoms with Crippen LogP contribution in [0.1, 0.15) is 16.2 Å². The molecule has 0 amide bonds. The monoisotopic (exact) mass is 286 g/mol. The van der Waals surface area contributed by atoms with Crippen molar-refractivity contribution in [3.05, 3.63) is 72.8 Å². The average Bonchev–Trinajstić information content (AvgIpc) is 2.60. The molecule has 0 N–H and O–H groups in total. The van der Waals surface area contributed by atoms with Crippen LogP contribution < -0.4 is 0 Å². The van der Waals surface area contributed by atoms with Crippen molar-refractivity contribution in [2.24, 2.45) is 0 Å². The molecular weight excluding hydrogens is 276 g/mol. The molecule has 4 aromatic heterocycles. The van der Waals surface area contributed by atoms with Crippen LogP contribution in [-0.4, -0.2) is 25.7 Å². The molecule has 0 bridgehead atoms. The minimum Gasteiger partial charge on any atom is -0.285 e. The Labute approximate surface area is 125 Å². The first-order valence-electron chi connectivity index (χ1n) is 6.77. The molecule has 0 aliphatic rings. The summed E-state index contributed by atoms with van der Waals surface area (Å²) >= 11 is 0. The molecule has 22 heavy (non-hydrogen) atoms. The van der Waals surface area contributed by atoms with Gasteiger partial charge in [-0.3, -0.25) is 24.7 Å². The van der Waals surface area contributed by atoms with E-state index in [4.69, 9.17) is 0 Å². The lowest BCUT2D eigenvalue weighted by Gasteiger charge is -2.06. The second kappa shape index (κ2) is 4.96. The summed E-state index contributed by atoms with van der Waals surface area (Å²) in [7, 11) is 0. The lowest BCUT2D eigenvalue weighted by atomic mass is 10.0. The van der Waals surface area contributed by atoms with Crippen molar-refractivity contribution in [3.63, 3.8) is 0 Å². The van der Waals surface area contributed by atoms with Gasteiger partial charge in [-0.15, -0.1) is 0 Å². The summed E-state index contributed by atoms with van der Waals surface area (Å²) in [6, 6.07) is 7.41. The normalized spacial score (nSPS) is 10.9. The number of rotatable bonds is 2. The number of nitrogens with zero attached hydrogens (tertiary/aromatic N) is 4. The maximum Gasteiger partial charge on any atom is 0.231 e. The zero-order valence-electron chi connectivity index (χ0n) is 11.5. The molecule has 0 atom stereocenters. The highest BCUT2D eigenvalue weighted by Crippen LogP contribution is 2.21. The minimum absolute atomic E-state index is 0.225. The molecule has 5 heteroatoms.